The SMILES string of the molecule is CCN(CC(=O)O)C1CC(NC(=O)NCCN(C)C2CCCC2)C1. The Hall–Kier alpha value is -1.34. The van der Waals surface area contributed by atoms with Crippen LogP contribution >= 0.6 is 0 Å². The summed E-state index contributed by atoms with van der Waals surface area (Å²) in [6.45, 7) is 4.32. The third-order valence-electron chi connectivity index (χ3n) is 5.41. The minimum Gasteiger partial charge on any atom is -0.480 e. The normalized spacial score (nSPS) is 24.2. The summed E-state index contributed by atoms with van der Waals surface area (Å²) < 4.78 is 0. The number of carboxylic acid groups (broad SMARTS) is 1. The van der Waals surface area contributed by atoms with Crippen molar-refractivity contribution in [3.8, 4) is 0 Å². The standard InChI is InChI=1S/C17H32N4O3/c1-3-21(12-16(22)23)15-10-13(11-15)19-17(24)18-8-9-20(2)14-6-4-5-7-14/h13-15H,3-12H2,1-2H3,(H,22,23)(H2,18,19,24). The number of carbonyl (C=O) groups excluding carboxylic acids is 1. The van der Waals surface area contributed by atoms with Gasteiger partial charge in [-0.25, -0.2) is 4.79 Å². The van der Waals surface area contributed by atoms with E-state index in [-0.39, 0.29) is 24.7 Å². The summed E-state index contributed by atoms with van der Waals surface area (Å²) in [5, 5.41) is 14.8. The Bertz CT molecular complexity index is 420. The number of rotatable bonds is 9. The van der Waals surface area contributed by atoms with Crippen LogP contribution < -0.4 is 10.6 Å². The third-order valence-corrected chi connectivity index (χ3v) is 5.41. The molecule has 0 atom stereocenters. The van der Waals surface area contributed by atoms with Crippen LogP contribution in [0.2, 0.25) is 0 Å². The van der Waals surface area contributed by atoms with Gasteiger partial charge in [0, 0.05) is 31.2 Å². The van der Waals surface area contributed by atoms with Crippen molar-refractivity contribution in [2.75, 3.05) is 33.2 Å². The lowest BCUT2D eigenvalue weighted by atomic mass is 9.85. The van der Waals surface area contributed by atoms with Crippen LogP contribution in [-0.2, 0) is 4.79 Å². The molecule has 0 aromatic heterocycles. The minimum absolute atomic E-state index is 0.0770. The number of nitrogens with one attached hydrogen (secondary N) is 2. The molecular formula is C17H32N4O3. The molecule has 0 bridgehead atoms. The van der Waals surface area contributed by atoms with Crippen molar-refractivity contribution < 1.29 is 14.7 Å². The van der Waals surface area contributed by atoms with Gasteiger partial charge < -0.3 is 20.6 Å². The van der Waals surface area contributed by atoms with Crippen molar-refractivity contribution in [2.45, 2.75) is 63.6 Å². The van der Waals surface area contributed by atoms with E-state index in [1.165, 1.54) is 25.7 Å². The maximum absolute atomic E-state index is 11.9. The second-order valence-corrected chi connectivity index (χ2v) is 7.10. The van der Waals surface area contributed by atoms with E-state index in [1.807, 2.05) is 11.8 Å². The van der Waals surface area contributed by atoms with Crippen LogP contribution in [0.25, 0.3) is 0 Å². The van der Waals surface area contributed by atoms with E-state index in [9.17, 15) is 9.59 Å². The van der Waals surface area contributed by atoms with Crippen molar-refractivity contribution in [3.05, 3.63) is 0 Å². The van der Waals surface area contributed by atoms with Gasteiger partial charge in [0.2, 0.25) is 0 Å². The van der Waals surface area contributed by atoms with E-state index in [4.69, 9.17) is 5.11 Å². The lowest BCUT2D eigenvalue weighted by Gasteiger charge is -2.42. The van der Waals surface area contributed by atoms with Crippen molar-refractivity contribution in [3.63, 3.8) is 0 Å². The summed E-state index contributed by atoms with van der Waals surface area (Å²) in [4.78, 5) is 27.0. The van der Waals surface area contributed by atoms with Gasteiger partial charge in [0.05, 0.1) is 6.54 Å². The smallest absolute Gasteiger partial charge is 0.317 e. The van der Waals surface area contributed by atoms with Crippen LogP contribution in [-0.4, -0.2) is 78.3 Å². The van der Waals surface area contributed by atoms with E-state index in [0.717, 1.165) is 25.9 Å². The largest absolute Gasteiger partial charge is 0.480 e. The number of carbonyl (C=O) groups is 2. The van der Waals surface area contributed by atoms with Crippen molar-refractivity contribution in [1.29, 1.82) is 0 Å². The Kier molecular flexibility index (Phi) is 7.30. The lowest BCUT2D eigenvalue weighted by Crippen LogP contribution is -2.56. The van der Waals surface area contributed by atoms with Gasteiger partial charge in [0.15, 0.2) is 0 Å². The number of urea groups is 1. The number of nitrogens with zero attached hydrogens (tertiary/aromatic N) is 2. The number of hydrogen-bond donors (Lipinski definition) is 3. The average Bonchev–Trinajstić information content (AvgIpc) is 3.02. The molecule has 0 aromatic carbocycles. The van der Waals surface area contributed by atoms with Crippen LogP contribution in [0.3, 0.4) is 0 Å². The number of carboxylic acids is 1. The summed E-state index contributed by atoms with van der Waals surface area (Å²) in [7, 11) is 2.13. The fourth-order valence-corrected chi connectivity index (χ4v) is 3.79. The summed E-state index contributed by atoms with van der Waals surface area (Å²) >= 11 is 0. The predicted octanol–water partition coefficient (Wildman–Crippen LogP) is 1.10. The monoisotopic (exact) mass is 340 g/mol. The molecule has 7 heteroatoms. The van der Waals surface area contributed by atoms with E-state index in [0.29, 0.717) is 12.6 Å². The van der Waals surface area contributed by atoms with Gasteiger partial charge in [0.25, 0.3) is 0 Å². The van der Waals surface area contributed by atoms with Crippen LogP contribution in [0, 0.1) is 0 Å². The number of aliphatic carboxylic acids is 1. The lowest BCUT2D eigenvalue weighted by molar-refractivity contribution is -0.139. The Morgan fingerprint density at radius 2 is 1.83 bits per heavy atom. The molecule has 24 heavy (non-hydrogen) atoms. The fourth-order valence-electron chi connectivity index (χ4n) is 3.79. The molecule has 2 amide bonds. The molecule has 2 fully saturated rings. The van der Waals surface area contributed by atoms with Crippen molar-refractivity contribution in [2.24, 2.45) is 0 Å². The summed E-state index contributed by atoms with van der Waals surface area (Å²) in [5.74, 6) is -0.794. The highest BCUT2D eigenvalue weighted by Gasteiger charge is 2.34. The molecular weight excluding hydrogens is 308 g/mol. The molecule has 7 nitrogen and oxygen atoms in total. The van der Waals surface area contributed by atoms with Gasteiger partial charge in [-0.15, -0.1) is 0 Å². The molecule has 0 radical (unpaired) electrons. The van der Waals surface area contributed by atoms with Crippen LogP contribution in [0.1, 0.15) is 45.4 Å². The number of amides is 2. The van der Waals surface area contributed by atoms with E-state index in [2.05, 4.69) is 22.6 Å². The third kappa shape index (κ3) is 5.63. The highest BCUT2D eigenvalue weighted by molar-refractivity contribution is 5.74. The fraction of sp³-hybridized carbons (Fsp3) is 0.882. The highest BCUT2D eigenvalue weighted by atomic mass is 16.4. The molecule has 0 aliphatic heterocycles. The quantitative estimate of drug-likeness (QED) is 0.585. The second-order valence-electron chi connectivity index (χ2n) is 7.10. The minimum atomic E-state index is -0.794. The Morgan fingerprint density at radius 1 is 1.17 bits per heavy atom. The van der Waals surface area contributed by atoms with Gasteiger partial charge in [0.1, 0.15) is 0 Å². The van der Waals surface area contributed by atoms with Gasteiger partial charge in [-0.05, 0) is 39.3 Å². The number of likely N-dealkylation sites (N-methyl/N-ethyl adjacent to an activating group) is 2. The molecule has 138 valence electrons. The Morgan fingerprint density at radius 3 is 2.42 bits per heavy atom. The molecule has 0 saturated heterocycles. The summed E-state index contributed by atoms with van der Waals surface area (Å²) in [6, 6.07) is 0.992. The average molecular weight is 340 g/mol. The molecule has 3 N–H and O–H groups in total. The molecule has 0 aromatic rings. The van der Waals surface area contributed by atoms with Gasteiger partial charge in [-0.2, -0.15) is 0 Å². The van der Waals surface area contributed by atoms with E-state index in [1.54, 1.807) is 0 Å². The molecule has 2 saturated carbocycles. The van der Waals surface area contributed by atoms with Crippen molar-refractivity contribution >= 4 is 12.0 Å². The summed E-state index contributed by atoms with van der Waals surface area (Å²) in [5.41, 5.74) is 0. The Balaban J connectivity index is 1.56. The van der Waals surface area contributed by atoms with Crippen LogP contribution in [0.15, 0.2) is 0 Å². The molecule has 0 unspecified atom stereocenters. The van der Waals surface area contributed by atoms with Gasteiger partial charge in [-0.3, -0.25) is 9.69 Å². The van der Waals surface area contributed by atoms with E-state index >= 15 is 0 Å². The zero-order chi connectivity index (χ0) is 17.5. The van der Waals surface area contributed by atoms with Crippen LogP contribution in [0.5, 0.6) is 0 Å². The molecule has 0 heterocycles. The molecule has 0 spiro atoms. The molecule has 2 rings (SSSR count). The first-order valence-electron chi connectivity index (χ1n) is 9.20. The first kappa shape index (κ1) is 19.0. The second kappa shape index (κ2) is 9.22. The Labute approximate surface area is 144 Å². The van der Waals surface area contributed by atoms with Gasteiger partial charge in [-0.1, -0.05) is 19.8 Å². The zero-order valence-corrected chi connectivity index (χ0v) is 15.0. The van der Waals surface area contributed by atoms with E-state index < -0.39 is 5.97 Å². The maximum atomic E-state index is 11.9. The molecule has 2 aliphatic carbocycles. The van der Waals surface area contributed by atoms with Crippen molar-refractivity contribution in [1.82, 2.24) is 20.4 Å². The maximum Gasteiger partial charge on any atom is 0.317 e. The van der Waals surface area contributed by atoms with Crippen LogP contribution in [0.4, 0.5) is 4.79 Å². The topological polar surface area (TPSA) is 84.9 Å². The first-order valence-corrected chi connectivity index (χ1v) is 9.20. The zero-order valence-electron chi connectivity index (χ0n) is 15.0. The molecule has 2 aliphatic rings. The van der Waals surface area contributed by atoms with Gasteiger partial charge >= 0.3 is 12.0 Å². The summed E-state index contributed by atoms with van der Waals surface area (Å²) in [6.07, 6.45) is 6.85. The highest BCUT2D eigenvalue weighted by Crippen LogP contribution is 2.25. The predicted molar refractivity (Wildman–Crippen MR) is 93.1 cm³/mol. The number of hydrogen-bond acceptors (Lipinski definition) is 4. The first-order chi connectivity index (χ1) is 11.5.